The molecule has 1 aromatic rings. The van der Waals surface area contributed by atoms with Gasteiger partial charge in [-0.15, -0.1) is 0 Å². The number of ether oxygens (including phenoxy) is 1. The lowest BCUT2D eigenvalue weighted by molar-refractivity contribution is -0.146. The SMILES string of the molecule is CC[C@@](C)(NC(=O)C(C)(C)NC(=O)[C@@H](NC(=O)[C@@H]1CCCN1C(=O)C(C)(C)NC(=O)[C@H](CC(C)C)NC(=O)CNC(=O)C(C)(C)NC(=O)[C@@H](NC(=O)C(C)(C)NC(=O)[C@H](CCC(N)=O)NC(=O)[C@H](C)NC(=O)C(C)(C)NC(=O)[C@H](C)NC(=O)C(C)(C)NC(=O)[C@H](C)NC(=O)C(C)(C)NC(C)=O)C(C)C)C(C)C)C(=O)N[C@@H](CCC(=O)O)C(=O)N[C@@H](CCC(N)=O)C(=O)N[C@H](COC)Cc1ccccc1. The minimum Gasteiger partial charge on any atom is -0.481 e. The Labute approximate surface area is 811 Å². The van der Waals surface area contributed by atoms with Gasteiger partial charge in [0.1, 0.15) is 105 Å². The average molecular weight is 1970 g/mol. The first-order valence-corrected chi connectivity index (χ1v) is 46.2. The summed E-state index contributed by atoms with van der Waals surface area (Å²) >= 11 is 0. The quantitative estimate of drug-likeness (QED) is 0.0298. The Kier molecular flexibility index (Phi) is 46.3. The molecule has 780 valence electrons. The third-order valence-corrected chi connectivity index (χ3v) is 22.9. The molecule has 0 bridgehead atoms. The Morgan fingerprint density at radius 2 is 0.806 bits per heavy atom. The number of aliphatic carboxylic acids is 1. The molecule has 0 saturated carbocycles. The summed E-state index contributed by atoms with van der Waals surface area (Å²) in [4.78, 5) is 313. The predicted molar refractivity (Wildman–Crippen MR) is 507 cm³/mol. The molecule has 1 aliphatic heterocycles. The molecule has 1 saturated heterocycles. The number of carboxylic acid groups (broad SMARTS) is 1. The summed E-state index contributed by atoms with van der Waals surface area (Å²) in [5.41, 5.74) is -2.38. The molecule has 0 spiro atoms. The predicted octanol–water partition coefficient (Wildman–Crippen LogP) is -3.79. The van der Waals surface area contributed by atoms with Gasteiger partial charge in [-0.05, 0) is 199 Å². The van der Waals surface area contributed by atoms with Gasteiger partial charge < -0.3 is 127 Å². The van der Waals surface area contributed by atoms with Crippen molar-refractivity contribution in [3.05, 3.63) is 35.9 Å². The molecule has 139 heavy (non-hydrogen) atoms. The molecule has 1 fully saturated rings. The van der Waals surface area contributed by atoms with Gasteiger partial charge >= 0.3 is 5.97 Å². The second-order valence-corrected chi connectivity index (χ2v) is 40.2. The van der Waals surface area contributed by atoms with Gasteiger partial charge in [-0.2, -0.15) is 0 Å². The van der Waals surface area contributed by atoms with E-state index in [-0.39, 0.29) is 51.2 Å². The Balaban J connectivity index is 2.19. The number of amides is 22. The number of rotatable bonds is 56. The molecular formula is C92H152N22O25. The number of nitrogens with one attached hydrogen (secondary N) is 19. The number of carbonyl (C=O) groups excluding carboxylic acids is 22. The number of likely N-dealkylation sites (tertiary alicyclic amines) is 1. The van der Waals surface area contributed by atoms with Crippen molar-refractivity contribution < 1.29 is 120 Å². The first-order valence-electron chi connectivity index (χ1n) is 46.2. The Hall–Kier alpha value is -13.0. The number of methoxy groups -OCH3 is 1. The number of hydrogen-bond donors (Lipinski definition) is 22. The highest BCUT2D eigenvalue weighted by atomic mass is 16.5. The number of benzene rings is 1. The lowest BCUT2D eigenvalue weighted by atomic mass is 9.93. The first kappa shape index (κ1) is 122. The van der Waals surface area contributed by atoms with Crippen molar-refractivity contribution in [3.63, 3.8) is 0 Å². The minimum atomic E-state index is -1.91. The molecule has 0 unspecified atom stereocenters. The normalized spacial score (nSPS) is 15.6. The molecule has 1 aliphatic rings. The van der Waals surface area contributed by atoms with Gasteiger partial charge in [-0.25, -0.2) is 0 Å². The number of nitrogens with two attached hydrogens (primary N) is 2. The highest BCUT2D eigenvalue weighted by molar-refractivity contribution is 6.05. The van der Waals surface area contributed by atoms with E-state index in [0.29, 0.717) is 12.8 Å². The fraction of sp³-hybridized carbons (Fsp3) is 0.685. The topological polar surface area (TPSA) is 706 Å². The van der Waals surface area contributed by atoms with Crippen LogP contribution in [0.2, 0.25) is 0 Å². The van der Waals surface area contributed by atoms with Crippen LogP contribution in [0.4, 0.5) is 0 Å². The molecule has 1 aromatic carbocycles. The van der Waals surface area contributed by atoms with Crippen LogP contribution in [0.1, 0.15) is 250 Å². The molecule has 47 nitrogen and oxygen atoms in total. The summed E-state index contributed by atoms with van der Waals surface area (Å²) in [5.74, 6) is -21.8. The van der Waals surface area contributed by atoms with Crippen molar-refractivity contribution in [1.29, 1.82) is 0 Å². The van der Waals surface area contributed by atoms with Gasteiger partial charge in [0.05, 0.1) is 19.2 Å². The second-order valence-electron chi connectivity index (χ2n) is 40.2. The number of carboxylic acids is 1. The summed E-state index contributed by atoms with van der Waals surface area (Å²) in [7, 11) is 1.43. The van der Waals surface area contributed by atoms with Crippen molar-refractivity contribution in [3.8, 4) is 0 Å². The van der Waals surface area contributed by atoms with E-state index in [1.165, 1.54) is 150 Å². The van der Waals surface area contributed by atoms with Crippen LogP contribution in [0.25, 0.3) is 0 Å². The van der Waals surface area contributed by atoms with E-state index >= 15 is 0 Å². The zero-order valence-corrected chi connectivity index (χ0v) is 85.2. The molecule has 47 heteroatoms. The Morgan fingerprint density at radius 3 is 1.25 bits per heavy atom. The van der Waals surface area contributed by atoms with Gasteiger partial charge in [0.25, 0.3) is 0 Å². The van der Waals surface area contributed by atoms with Crippen LogP contribution in [0.3, 0.4) is 0 Å². The molecule has 0 aromatic heterocycles. The summed E-state index contributed by atoms with van der Waals surface area (Å²) in [6.07, 6.45) is -2.08. The summed E-state index contributed by atoms with van der Waals surface area (Å²) < 4.78 is 5.33. The van der Waals surface area contributed by atoms with Crippen LogP contribution in [-0.2, 0) is 121 Å². The van der Waals surface area contributed by atoms with E-state index < -0.39 is 291 Å². The van der Waals surface area contributed by atoms with E-state index in [0.717, 1.165) is 5.56 Å². The van der Waals surface area contributed by atoms with Gasteiger partial charge in [0.15, 0.2) is 0 Å². The van der Waals surface area contributed by atoms with E-state index in [9.17, 15) is 115 Å². The lowest BCUT2D eigenvalue weighted by Gasteiger charge is -2.36. The van der Waals surface area contributed by atoms with E-state index in [1.807, 2.05) is 18.2 Å². The Bertz CT molecular complexity index is 4640. The standard InChI is InChI=1S/C92H152N22O25/c1-28-92(26,83(137)103-57(38-41-64(119)120)71(125)102-56(36-39-61(93)116)70(124)99-55(46-139-27)44-54-33-30-29-31-34-54)113-82(136)90(22,23)112-75(129)65(48(4)5)104-74(128)60-35-32-42-114(60)84(138)91(24,25)110-73(127)59(43-47(2)3)100-63(118)45-95-77(131)85(12,13)111-76(130)66(49(6)7)105-81(135)89(20,21)109-72(126)58(37-40-62(94)117)101-67(121)50(8)96-79(133)87(16,17)107-69(123)52(10)98-80(134)88(18,19)108-68(122)51(9)97-78(132)86(14,15)106-53(11)115/h29-31,33-34,47-52,55-60,65-66H,28,32,35-46H2,1-27H3,(H2,93,116)(H2,94,117)(H,95,131)(H,96,133)(H,97,132)(H,98,134)(H,99,124)(H,100,118)(H,101,121)(H,102,125)(H,103,137)(H,104,128)(H,105,135)(H,106,115)(H,107,123)(H,108,122)(H,109,126)(H,110,127)(H,111,130)(H,112,129)(H,113,136)(H,119,120)/t50-,51-,52-,55-,56-,57-,58-,59-,60-,65-,66-,92+/m0/s1. The molecule has 12 atom stereocenters. The largest absolute Gasteiger partial charge is 0.481 e. The van der Waals surface area contributed by atoms with Crippen LogP contribution in [0.5, 0.6) is 0 Å². The summed E-state index contributed by atoms with van der Waals surface area (Å²) in [5, 5.41) is 58.0. The fourth-order valence-corrected chi connectivity index (χ4v) is 14.0. The van der Waals surface area contributed by atoms with E-state index in [1.54, 1.807) is 53.7 Å². The van der Waals surface area contributed by atoms with Crippen molar-refractivity contribution in [1.82, 2.24) is 106 Å². The van der Waals surface area contributed by atoms with Crippen LogP contribution in [0, 0.1) is 17.8 Å². The fourth-order valence-electron chi connectivity index (χ4n) is 14.0. The van der Waals surface area contributed by atoms with Crippen LogP contribution in [0.15, 0.2) is 30.3 Å². The van der Waals surface area contributed by atoms with Gasteiger partial charge in [0, 0.05) is 39.8 Å². The minimum absolute atomic E-state index is 0.00554. The Morgan fingerprint density at radius 1 is 0.417 bits per heavy atom. The lowest BCUT2D eigenvalue weighted by Crippen LogP contribution is -2.67. The molecule has 24 N–H and O–H groups in total. The van der Waals surface area contributed by atoms with Crippen molar-refractivity contribution in [2.75, 3.05) is 26.8 Å². The third kappa shape index (κ3) is 39.4. The molecule has 0 aliphatic carbocycles. The molecule has 22 amide bonds. The van der Waals surface area contributed by atoms with Crippen molar-refractivity contribution in [2.24, 2.45) is 29.2 Å². The maximum absolute atomic E-state index is 14.6. The van der Waals surface area contributed by atoms with Crippen molar-refractivity contribution in [2.45, 2.75) is 361 Å². The number of hydrogen-bond acceptors (Lipinski definition) is 24. The van der Waals surface area contributed by atoms with Gasteiger partial charge in [0.2, 0.25) is 130 Å². The monoisotopic (exact) mass is 1970 g/mol. The highest BCUT2D eigenvalue weighted by Gasteiger charge is 2.48. The number of carbonyl (C=O) groups is 23. The zero-order valence-electron chi connectivity index (χ0n) is 85.2. The van der Waals surface area contributed by atoms with Crippen molar-refractivity contribution >= 4 is 136 Å². The molecule has 2 rings (SSSR count). The van der Waals surface area contributed by atoms with E-state index in [2.05, 4.69) is 101 Å². The zero-order chi connectivity index (χ0) is 107. The first-order chi connectivity index (χ1) is 63.7. The number of primary amides is 2. The molecular weight excluding hydrogens is 1810 g/mol. The average Bonchev–Trinajstić information content (AvgIpc) is 1.78. The van der Waals surface area contributed by atoms with Gasteiger partial charge in [-0.1, -0.05) is 78.8 Å². The van der Waals surface area contributed by atoms with Crippen LogP contribution < -0.4 is 112 Å². The molecule has 0 radical (unpaired) electrons. The van der Waals surface area contributed by atoms with E-state index in [4.69, 9.17) is 16.2 Å². The molecule has 1 heterocycles. The second kappa shape index (κ2) is 52.7. The maximum atomic E-state index is 14.6. The van der Waals surface area contributed by atoms with Crippen LogP contribution >= 0.6 is 0 Å². The summed E-state index contributed by atoms with van der Waals surface area (Å²) in [6, 6.07) is -5.43. The van der Waals surface area contributed by atoms with Gasteiger partial charge in [-0.3, -0.25) is 110 Å². The van der Waals surface area contributed by atoms with Crippen LogP contribution in [-0.4, -0.2) is 284 Å². The third-order valence-electron chi connectivity index (χ3n) is 22.9. The highest BCUT2D eigenvalue weighted by Crippen LogP contribution is 2.25. The smallest absolute Gasteiger partial charge is 0.303 e. The maximum Gasteiger partial charge on any atom is 0.303 e. The number of nitrogens with zero attached hydrogens (tertiary/aromatic N) is 1. The summed E-state index contributed by atoms with van der Waals surface area (Å²) in [6.45, 7) is 35.6.